The third-order valence-corrected chi connectivity index (χ3v) is 7.77. The molecule has 0 bridgehead atoms. The molecule has 5 nitrogen and oxygen atoms in total. The summed E-state index contributed by atoms with van der Waals surface area (Å²) in [5.74, 6) is 11.9. The van der Waals surface area contributed by atoms with E-state index in [0.717, 1.165) is 67.8 Å². The Kier molecular flexibility index (Phi) is 19.5. The highest BCUT2D eigenvalue weighted by Gasteiger charge is 2.23. The average molecular weight is 575 g/mol. The molecule has 0 saturated heterocycles. The lowest BCUT2D eigenvalue weighted by Gasteiger charge is -2.16. The number of para-hydroxylation sites is 1. The molecule has 0 unspecified atom stereocenters. The zero-order chi connectivity index (χ0) is 30.1. The van der Waals surface area contributed by atoms with Gasteiger partial charge in [-0.15, -0.1) is 0 Å². The van der Waals surface area contributed by atoms with Crippen LogP contribution in [-0.2, 0) is 20.7 Å². The zero-order valence-electron chi connectivity index (χ0n) is 26.3. The molecule has 0 spiro atoms. The van der Waals surface area contributed by atoms with Crippen molar-refractivity contribution in [3.05, 3.63) is 36.0 Å². The molecule has 2 aromatic rings. The normalized spacial score (nSPS) is 11.3. The Labute approximate surface area is 255 Å². The van der Waals surface area contributed by atoms with Crippen molar-refractivity contribution in [3.63, 3.8) is 0 Å². The van der Waals surface area contributed by atoms with Gasteiger partial charge < -0.3 is 15.0 Å². The highest BCUT2D eigenvalue weighted by Crippen LogP contribution is 2.19. The highest BCUT2D eigenvalue weighted by atomic mass is 16.5. The van der Waals surface area contributed by atoms with E-state index in [4.69, 9.17) is 4.74 Å². The standard InChI is InChI=1S/C37H54N2O3/c1-3-4-5-6-7-8-9-10-11-12-13-14-15-16-17-18-19-20-21-22-23-24-29-36(40)39-35(37(41)42-2)30-32-31-38-34-28-26-25-27-33(32)34/h25-28,31,35,38H,3-13,18-24,29-30H2,1-2H3,(H,39,40)/t35-/m1/s1. The van der Waals surface area contributed by atoms with E-state index in [1.165, 1.54) is 71.3 Å². The average Bonchev–Trinajstić information content (AvgIpc) is 3.41. The molecule has 0 aliphatic heterocycles. The molecule has 0 aliphatic rings. The number of unbranched alkanes of at least 4 members (excludes halogenated alkanes) is 16. The number of fused-ring (bicyclic) bond motifs is 1. The minimum Gasteiger partial charge on any atom is -0.467 e. The van der Waals surface area contributed by atoms with Crippen molar-refractivity contribution in [2.24, 2.45) is 0 Å². The number of ether oxygens (including phenoxy) is 1. The zero-order valence-corrected chi connectivity index (χ0v) is 26.3. The second kappa shape index (κ2) is 23.4. The molecule has 0 saturated carbocycles. The summed E-state index contributed by atoms with van der Waals surface area (Å²) in [7, 11) is 1.36. The summed E-state index contributed by atoms with van der Waals surface area (Å²) in [4.78, 5) is 28.1. The van der Waals surface area contributed by atoms with Crippen molar-refractivity contribution in [3.8, 4) is 23.7 Å². The van der Waals surface area contributed by atoms with E-state index in [0.29, 0.717) is 12.8 Å². The number of aromatic amines is 1. The van der Waals surface area contributed by atoms with Gasteiger partial charge in [0.15, 0.2) is 0 Å². The fraction of sp³-hybridized carbons (Fsp3) is 0.622. The maximum absolute atomic E-state index is 12.5. The molecule has 1 atom stereocenters. The summed E-state index contributed by atoms with van der Waals surface area (Å²) in [6.45, 7) is 2.27. The van der Waals surface area contributed by atoms with E-state index in [1.807, 2.05) is 30.5 Å². The summed E-state index contributed by atoms with van der Waals surface area (Å²) < 4.78 is 4.95. The number of rotatable bonds is 22. The molecule has 2 rings (SSSR count). The summed E-state index contributed by atoms with van der Waals surface area (Å²) in [6.07, 6.45) is 24.5. The first kappa shape index (κ1) is 35.0. The van der Waals surface area contributed by atoms with Crippen molar-refractivity contribution in [1.82, 2.24) is 10.3 Å². The van der Waals surface area contributed by atoms with Crippen LogP contribution >= 0.6 is 0 Å². The Hall–Kier alpha value is -3.18. The Balaban J connectivity index is 1.45. The van der Waals surface area contributed by atoms with Crippen LogP contribution in [0.1, 0.15) is 134 Å². The summed E-state index contributed by atoms with van der Waals surface area (Å²) in [6, 6.07) is 7.25. The van der Waals surface area contributed by atoms with Gasteiger partial charge in [0.2, 0.25) is 5.91 Å². The molecule has 230 valence electrons. The van der Waals surface area contributed by atoms with E-state index < -0.39 is 12.0 Å². The molecule has 1 amide bonds. The lowest BCUT2D eigenvalue weighted by molar-refractivity contribution is -0.145. The second-order valence-electron chi connectivity index (χ2n) is 11.4. The number of aromatic nitrogens is 1. The fourth-order valence-corrected chi connectivity index (χ4v) is 5.24. The molecule has 2 N–H and O–H groups in total. The molecule has 1 heterocycles. The van der Waals surface area contributed by atoms with E-state index in [1.54, 1.807) is 0 Å². The first-order chi connectivity index (χ1) is 20.7. The number of benzene rings is 1. The quantitative estimate of drug-likeness (QED) is 0.0838. The lowest BCUT2D eigenvalue weighted by Crippen LogP contribution is -2.42. The van der Waals surface area contributed by atoms with Gasteiger partial charge in [0.05, 0.1) is 7.11 Å². The Morgan fingerprint density at radius 2 is 1.33 bits per heavy atom. The predicted octanol–water partition coefficient (Wildman–Crippen LogP) is 8.81. The largest absolute Gasteiger partial charge is 0.467 e. The van der Waals surface area contributed by atoms with Crippen molar-refractivity contribution in [2.45, 2.75) is 141 Å². The Morgan fingerprint density at radius 1 is 0.786 bits per heavy atom. The fourth-order valence-electron chi connectivity index (χ4n) is 5.24. The van der Waals surface area contributed by atoms with Crippen molar-refractivity contribution in [2.75, 3.05) is 7.11 Å². The van der Waals surface area contributed by atoms with Gasteiger partial charge in [-0.1, -0.05) is 120 Å². The number of hydrogen-bond donors (Lipinski definition) is 2. The van der Waals surface area contributed by atoms with Crippen LogP contribution in [0, 0.1) is 23.7 Å². The van der Waals surface area contributed by atoms with Crippen LogP contribution in [-0.4, -0.2) is 30.0 Å². The number of nitrogens with one attached hydrogen (secondary N) is 2. The van der Waals surface area contributed by atoms with Crippen LogP contribution in [0.15, 0.2) is 30.5 Å². The molecule has 0 radical (unpaired) electrons. The summed E-state index contributed by atoms with van der Waals surface area (Å²) in [5, 5.41) is 3.94. The molecule has 0 fully saturated rings. The van der Waals surface area contributed by atoms with Gasteiger partial charge in [0.25, 0.3) is 0 Å². The van der Waals surface area contributed by atoms with Gasteiger partial charge in [-0.05, 0) is 42.7 Å². The molecule has 5 heteroatoms. The van der Waals surface area contributed by atoms with Crippen LogP contribution < -0.4 is 5.32 Å². The number of carbonyl (C=O) groups excluding carboxylic acids is 2. The van der Waals surface area contributed by atoms with E-state index in [9.17, 15) is 9.59 Å². The van der Waals surface area contributed by atoms with E-state index >= 15 is 0 Å². The van der Waals surface area contributed by atoms with E-state index in [-0.39, 0.29) is 5.91 Å². The van der Waals surface area contributed by atoms with Crippen molar-refractivity contribution >= 4 is 22.8 Å². The number of amides is 1. The van der Waals surface area contributed by atoms with Gasteiger partial charge >= 0.3 is 5.97 Å². The topological polar surface area (TPSA) is 71.2 Å². The Morgan fingerprint density at radius 3 is 1.93 bits per heavy atom. The maximum Gasteiger partial charge on any atom is 0.328 e. The minimum absolute atomic E-state index is 0.102. The number of methoxy groups -OCH3 is 1. The molecular weight excluding hydrogens is 520 g/mol. The SMILES string of the molecule is CCCCCCCCCCCCC#CC#CCCCCCCCCC(=O)N[C@H](Cc1c[nH]c2ccccc12)C(=O)OC. The van der Waals surface area contributed by atoms with Gasteiger partial charge in [0.1, 0.15) is 6.04 Å². The van der Waals surface area contributed by atoms with Gasteiger partial charge in [-0.25, -0.2) is 4.79 Å². The molecule has 0 aliphatic carbocycles. The van der Waals surface area contributed by atoms with Crippen LogP contribution in [0.4, 0.5) is 0 Å². The third kappa shape index (κ3) is 15.7. The number of esters is 1. The van der Waals surface area contributed by atoms with Crippen LogP contribution in [0.25, 0.3) is 10.9 Å². The maximum atomic E-state index is 12.5. The molecular formula is C37H54N2O3. The highest BCUT2D eigenvalue weighted by molar-refractivity contribution is 5.87. The van der Waals surface area contributed by atoms with E-state index in [2.05, 4.69) is 40.9 Å². The number of hydrogen-bond acceptors (Lipinski definition) is 3. The minimum atomic E-state index is -0.688. The van der Waals surface area contributed by atoms with Crippen LogP contribution in [0.2, 0.25) is 0 Å². The van der Waals surface area contributed by atoms with Gasteiger partial charge in [-0.2, -0.15) is 0 Å². The summed E-state index contributed by atoms with van der Waals surface area (Å²) in [5.41, 5.74) is 2.00. The number of H-pyrrole nitrogens is 1. The van der Waals surface area contributed by atoms with Crippen molar-refractivity contribution in [1.29, 1.82) is 0 Å². The van der Waals surface area contributed by atoms with Crippen molar-refractivity contribution < 1.29 is 14.3 Å². The Bertz CT molecular complexity index is 1140. The monoisotopic (exact) mass is 574 g/mol. The van der Waals surface area contributed by atoms with Gasteiger partial charge in [0, 0.05) is 42.8 Å². The third-order valence-electron chi connectivity index (χ3n) is 7.77. The lowest BCUT2D eigenvalue weighted by atomic mass is 10.0. The van der Waals surface area contributed by atoms with Gasteiger partial charge in [-0.3, -0.25) is 4.79 Å². The second-order valence-corrected chi connectivity index (χ2v) is 11.4. The number of carbonyl (C=O) groups is 2. The first-order valence-corrected chi connectivity index (χ1v) is 16.5. The van der Waals surface area contributed by atoms with Crippen LogP contribution in [0.3, 0.4) is 0 Å². The molecule has 1 aromatic carbocycles. The first-order valence-electron chi connectivity index (χ1n) is 16.5. The van der Waals surface area contributed by atoms with Crippen LogP contribution in [0.5, 0.6) is 0 Å². The summed E-state index contributed by atoms with van der Waals surface area (Å²) >= 11 is 0. The molecule has 1 aromatic heterocycles. The smallest absolute Gasteiger partial charge is 0.328 e. The predicted molar refractivity (Wildman–Crippen MR) is 175 cm³/mol. The molecule has 42 heavy (non-hydrogen) atoms.